The summed E-state index contributed by atoms with van der Waals surface area (Å²) in [5.41, 5.74) is 5.53. The summed E-state index contributed by atoms with van der Waals surface area (Å²) in [6, 6.07) is 3.95. The summed E-state index contributed by atoms with van der Waals surface area (Å²) in [5, 5.41) is 2.84. The lowest BCUT2D eigenvalue weighted by Crippen LogP contribution is -2.12. The molecule has 1 aliphatic heterocycles. The van der Waals surface area contributed by atoms with Crippen LogP contribution in [0.4, 0.5) is 4.39 Å². The molecule has 1 amide bonds. The Morgan fingerprint density at radius 3 is 2.91 bits per heavy atom. The molecule has 0 fully saturated rings. The molecular formula is C20H20FNO. The van der Waals surface area contributed by atoms with Crippen LogP contribution in [0.15, 0.2) is 54.9 Å². The van der Waals surface area contributed by atoms with E-state index in [-0.39, 0.29) is 17.7 Å². The molecule has 1 atom stereocenters. The van der Waals surface area contributed by atoms with Crippen LogP contribution in [0.2, 0.25) is 0 Å². The van der Waals surface area contributed by atoms with Crippen LogP contribution >= 0.6 is 0 Å². The minimum Gasteiger partial charge on any atom is -0.348 e. The zero-order chi connectivity index (χ0) is 16.6. The fourth-order valence-corrected chi connectivity index (χ4v) is 3.26. The Bertz CT molecular complexity index is 770. The van der Waals surface area contributed by atoms with Crippen LogP contribution in [0.25, 0.3) is 5.57 Å². The van der Waals surface area contributed by atoms with Crippen molar-refractivity contribution in [2.24, 2.45) is 0 Å². The molecule has 2 nitrogen and oxygen atoms in total. The molecule has 1 aliphatic carbocycles. The highest BCUT2D eigenvalue weighted by Gasteiger charge is 2.25. The zero-order valence-corrected chi connectivity index (χ0v) is 13.3. The molecule has 23 heavy (non-hydrogen) atoms. The Morgan fingerprint density at radius 1 is 1.43 bits per heavy atom. The Balaban J connectivity index is 2.10. The number of fused-ring (bicyclic) bond motifs is 1. The highest BCUT2D eigenvalue weighted by molar-refractivity contribution is 5.99. The van der Waals surface area contributed by atoms with E-state index in [2.05, 4.69) is 31.5 Å². The number of halogens is 1. The summed E-state index contributed by atoms with van der Waals surface area (Å²) >= 11 is 0. The molecule has 0 spiro atoms. The Hall–Kier alpha value is -2.42. The Kier molecular flexibility index (Phi) is 4.03. The van der Waals surface area contributed by atoms with Gasteiger partial charge in [-0.1, -0.05) is 37.8 Å². The van der Waals surface area contributed by atoms with Crippen molar-refractivity contribution < 1.29 is 9.18 Å². The Labute approximate surface area is 136 Å². The first-order valence-corrected chi connectivity index (χ1v) is 7.84. The second-order valence-corrected chi connectivity index (χ2v) is 6.08. The topological polar surface area (TPSA) is 29.1 Å². The van der Waals surface area contributed by atoms with Crippen LogP contribution in [-0.4, -0.2) is 5.91 Å². The second-order valence-electron chi connectivity index (χ2n) is 6.08. The van der Waals surface area contributed by atoms with Gasteiger partial charge in [0, 0.05) is 18.0 Å². The molecule has 2 aliphatic rings. The van der Waals surface area contributed by atoms with Crippen molar-refractivity contribution in [3.63, 3.8) is 0 Å². The zero-order valence-electron chi connectivity index (χ0n) is 13.3. The molecule has 118 valence electrons. The predicted octanol–water partition coefficient (Wildman–Crippen LogP) is 4.81. The maximum atomic E-state index is 13.6. The summed E-state index contributed by atoms with van der Waals surface area (Å²) in [5.74, 6) is -0.148. The van der Waals surface area contributed by atoms with Crippen molar-refractivity contribution >= 4 is 11.5 Å². The molecule has 1 aromatic rings. The summed E-state index contributed by atoms with van der Waals surface area (Å²) in [6.07, 6.45) is 6.52. The first-order chi connectivity index (χ1) is 11.0. The van der Waals surface area contributed by atoms with E-state index in [4.69, 9.17) is 0 Å². The van der Waals surface area contributed by atoms with Crippen molar-refractivity contribution in [1.29, 1.82) is 0 Å². The first-order valence-electron chi connectivity index (χ1n) is 7.84. The number of carbonyl (C=O) groups is 1. The summed E-state index contributed by atoms with van der Waals surface area (Å²) in [4.78, 5) is 11.9. The number of allylic oxidation sites excluding steroid dienone is 6. The van der Waals surface area contributed by atoms with Gasteiger partial charge in [0.2, 0.25) is 0 Å². The first kappa shape index (κ1) is 15.5. The van der Waals surface area contributed by atoms with Gasteiger partial charge in [0.25, 0.3) is 5.91 Å². The molecular weight excluding hydrogens is 289 g/mol. The third kappa shape index (κ3) is 2.79. The summed E-state index contributed by atoms with van der Waals surface area (Å²) < 4.78 is 13.6. The van der Waals surface area contributed by atoms with Crippen molar-refractivity contribution in [2.75, 3.05) is 0 Å². The van der Waals surface area contributed by atoms with Crippen LogP contribution in [0, 0.1) is 0 Å². The number of nitrogens with one attached hydrogen (secondary N) is 1. The summed E-state index contributed by atoms with van der Waals surface area (Å²) in [6.45, 7) is 10.5. The lowest BCUT2D eigenvalue weighted by molar-refractivity contribution is 0.0965. The second kappa shape index (κ2) is 5.99. The molecule has 3 heteroatoms. The van der Waals surface area contributed by atoms with Gasteiger partial charge in [-0.25, -0.2) is 4.39 Å². The van der Waals surface area contributed by atoms with Crippen molar-refractivity contribution in [3.05, 3.63) is 77.2 Å². The number of carbonyl (C=O) groups excluding carboxylic acids is 1. The lowest BCUT2D eigenvalue weighted by atomic mass is 9.82. The SMILES string of the molecule is C=CC(=C)c1cc2c(cc1C(C)C1=CC(F)=CCC1)CNC2=O. The number of hydrogen-bond acceptors (Lipinski definition) is 1. The van der Waals surface area contributed by atoms with Crippen molar-refractivity contribution in [3.8, 4) is 0 Å². The maximum Gasteiger partial charge on any atom is 0.251 e. The summed E-state index contributed by atoms with van der Waals surface area (Å²) in [7, 11) is 0. The number of rotatable bonds is 4. The quantitative estimate of drug-likeness (QED) is 0.795. The molecule has 1 unspecified atom stereocenters. The van der Waals surface area contributed by atoms with Crippen molar-refractivity contribution in [1.82, 2.24) is 5.32 Å². The van der Waals surface area contributed by atoms with Gasteiger partial charge < -0.3 is 5.32 Å². The molecule has 3 rings (SSSR count). The third-order valence-corrected chi connectivity index (χ3v) is 4.67. The van der Waals surface area contributed by atoms with E-state index in [1.807, 2.05) is 6.07 Å². The van der Waals surface area contributed by atoms with E-state index >= 15 is 0 Å². The van der Waals surface area contributed by atoms with Gasteiger partial charge in [0.1, 0.15) is 5.83 Å². The van der Waals surface area contributed by atoms with Gasteiger partial charge in [0.05, 0.1) is 0 Å². The van der Waals surface area contributed by atoms with Crippen LogP contribution in [0.5, 0.6) is 0 Å². The van der Waals surface area contributed by atoms with E-state index < -0.39 is 0 Å². The number of hydrogen-bond donors (Lipinski definition) is 1. The monoisotopic (exact) mass is 309 g/mol. The fraction of sp³-hybridized carbons (Fsp3) is 0.250. The van der Waals surface area contributed by atoms with E-state index in [1.165, 1.54) is 0 Å². The van der Waals surface area contributed by atoms with Gasteiger partial charge in [-0.2, -0.15) is 0 Å². The largest absolute Gasteiger partial charge is 0.348 e. The van der Waals surface area contributed by atoms with Gasteiger partial charge >= 0.3 is 0 Å². The van der Waals surface area contributed by atoms with E-state index in [1.54, 1.807) is 18.2 Å². The maximum absolute atomic E-state index is 13.6. The minimum atomic E-state index is -0.166. The highest BCUT2D eigenvalue weighted by atomic mass is 19.1. The van der Waals surface area contributed by atoms with Crippen LogP contribution in [-0.2, 0) is 6.54 Å². The van der Waals surface area contributed by atoms with Gasteiger partial charge in [-0.05, 0) is 53.3 Å². The highest BCUT2D eigenvalue weighted by Crippen LogP contribution is 2.37. The normalized spacial score (nSPS) is 17.7. The predicted molar refractivity (Wildman–Crippen MR) is 91.8 cm³/mol. The lowest BCUT2D eigenvalue weighted by Gasteiger charge is -2.22. The number of benzene rings is 1. The fourth-order valence-electron chi connectivity index (χ4n) is 3.26. The molecule has 1 aromatic carbocycles. The average molecular weight is 309 g/mol. The van der Waals surface area contributed by atoms with Gasteiger partial charge in [0.15, 0.2) is 0 Å². The number of amides is 1. The molecule has 0 saturated carbocycles. The van der Waals surface area contributed by atoms with Gasteiger partial charge in [-0.3, -0.25) is 4.79 Å². The smallest absolute Gasteiger partial charge is 0.251 e. The van der Waals surface area contributed by atoms with E-state index in [0.717, 1.165) is 40.7 Å². The van der Waals surface area contributed by atoms with Gasteiger partial charge in [-0.15, -0.1) is 0 Å². The van der Waals surface area contributed by atoms with Crippen molar-refractivity contribution in [2.45, 2.75) is 32.2 Å². The molecule has 0 bridgehead atoms. The average Bonchev–Trinajstić information content (AvgIpc) is 2.93. The molecule has 0 aromatic heterocycles. The van der Waals surface area contributed by atoms with Crippen LogP contribution in [0.1, 0.15) is 52.7 Å². The standard InChI is InChI=1S/C20H20FNO/c1-4-12(2)17-10-19-15(11-22-20(19)23)9-18(17)13(3)14-6-5-7-16(21)8-14/h4,7-10,13H,1-2,5-6,11H2,3H3,(H,22,23). The van der Waals surface area contributed by atoms with E-state index in [0.29, 0.717) is 12.1 Å². The van der Waals surface area contributed by atoms with Crippen LogP contribution in [0.3, 0.4) is 0 Å². The van der Waals surface area contributed by atoms with E-state index in [9.17, 15) is 9.18 Å². The molecule has 0 radical (unpaired) electrons. The Morgan fingerprint density at radius 2 is 2.22 bits per heavy atom. The molecule has 0 saturated heterocycles. The minimum absolute atomic E-state index is 0.0526. The molecule has 1 heterocycles. The van der Waals surface area contributed by atoms with Crippen LogP contribution < -0.4 is 5.32 Å². The third-order valence-electron chi connectivity index (χ3n) is 4.67. The molecule has 1 N–H and O–H groups in total.